The summed E-state index contributed by atoms with van der Waals surface area (Å²) >= 11 is 12.0. The topological polar surface area (TPSA) is 29.3 Å². The first kappa shape index (κ1) is 16.2. The zero-order valence-corrected chi connectivity index (χ0v) is 13.2. The Kier molecular flexibility index (Phi) is 5.59. The molecule has 0 saturated carbocycles. The van der Waals surface area contributed by atoms with Crippen molar-refractivity contribution in [1.29, 1.82) is 0 Å². The molecule has 21 heavy (non-hydrogen) atoms. The second-order valence-corrected chi connectivity index (χ2v) is 5.80. The third kappa shape index (κ3) is 4.17. The lowest BCUT2D eigenvalue weighted by Gasteiger charge is -2.28. The third-order valence-electron chi connectivity index (χ3n) is 3.42. The van der Waals surface area contributed by atoms with E-state index in [9.17, 15) is 4.39 Å². The van der Waals surface area contributed by atoms with Crippen LogP contribution in [0.1, 0.15) is 17.2 Å². The number of likely N-dealkylation sites (N-methyl/N-ethyl adjacent to an activating group) is 1. The molecular weight excluding hydrogens is 310 g/mol. The highest BCUT2D eigenvalue weighted by Gasteiger charge is 2.18. The molecule has 2 nitrogen and oxygen atoms in total. The van der Waals surface area contributed by atoms with Crippen LogP contribution in [-0.2, 0) is 6.54 Å². The molecule has 0 spiro atoms. The molecule has 0 bridgehead atoms. The van der Waals surface area contributed by atoms with Gasteiger partial charge in [-0.15, -0.1) is 0 Å². The Morgan fingerprint density at radius 2 is 1.81 bits per heavy atom. The number of hydrogen-bond donors (Lipinski definition) is 1. The molecule has 0 radical (unpaired) electrons. The van der Waals surface area contributed by atoms with Gasteiger partial charge in [-0.3, -0.25) is 4.90 Å². The predicted molar refractivity (Wildman–Crippen MR) is 86.1 cm³/mol. The zero-order chi connectivity index (χ0) is 15.4. The molecule has 2 aromatic rings. The van der Waals surface area contributed by atoms with Gasteiger partial charge in [0.25, 0.3) is 0 Å². The lowest BCUT2D eigenvalue weighted by molar-refractivity contribution is 0.242. The SMILES string of the molecule is CN(Cc1ccc(Cl)cc1)C(CN)c1ccc(F)cc1Cl. The van der Waals surface area contributed by atoms with Gasteiger partial charge in [0.15, 0.2) is 0 Å². The fraction of sp³-hybridized carbons (Fsp3) is 0.250. The van der Waals surface area contributed by atoms with E-state index in [1.54, 1.807) is 6.07 Å². The van der Waals surface area contributed by atoms with Gasteiger partial charge in [0, 0.05) is 29.2 Å². The maximum Gasteiger partial charge on any atom is 0.124 e. The molecule has 0 aromatic heterocycles. The van der Waals surface area contributed by atoms with E-state index in [0.717, 1.165) is 11.1 Å². The monoisotopic (exact) mass is 326 g/mol. The van der Waals surface area contributed by atoms with Gasteiger partial charge in [0.05, 0.1) is 0 Å². The lowest BCUT2D eigenvalue weighted by atomic mass is 10.0. The van der Waals surface area contributed by atoms with E-state index in [0.29, 0.717) is 23.1 Å². The Hall–Kier alpha value is -1.13. The average Bonchev–Trinajstić information content (AvgIpc) is 2.44. The predicted octanol–water partition coefficient (Wildman–Crippen LogP) is 4.26. The van der Waals surface area contributed by atoms with E-state index in [1.807, 2.05) is 31.3 Å². The smallest absolute Gasteiger partial charge is 0.124 e. The van der Waals surface area contributed by atoms with Crippen LogP contribution < -0.4 is 5.73 Å². The van der Waals surface area contributed by atoms with Gasteiger partial charge in [-0.05, 0) is 42.4 Å². The van der Waals surface area contributed by atoms with Crippen LogP contribution in [-0.4, -0.2) is 18.5 Å². The summed E-state index contributed by atoms with van der Waals surface area (Å²) in [5, 5.41) is 1.10. The van der Waals surface area contributed by atoms with Gasteiger partial charge in [-0.1, -0.05) is 41.4 Å². The van der Waals surface area contributed by atoms with Gasteiger partial charge in [-0.25, -0.2) is 4.39 Å². The summed E-state index contributed by atoms with van der Waals surface area (Å²) in [5.41, 5.74) is 7.83. The Bertz CT molecular complexity index is 602. The minimum Gasteiger partial charge on any atom is -0.329 e. The highest BCUT2D eigenvalue weighted by molar-refractivity contribution is 6.31. The third-order valence-corrected chi connectivity index (χ3v) is 4.00. The number of hydrogen-bond acceptors (Lipinski definition) is 2. The molecule has 0 amide bonds. The van der Waals surface area contributed by atoms with Crippen LogP contribution in [0.2, 0.25) is 10.0 Å². The summed E-state index contributed by atoms with van der Waals surface area (Å²) in [4.78, 5) is 2.09. The molecule has 5 heteroatoms. The van der Waals surface area contributed by atoms with E-state index in [4.69, 9.17) is 28.9 Å². The molecule has 0 fully saturated rings. The quantitative estimate of drug-likeness (QED) is 0.889. The Morgan fingerprint density at radius 1 is 1.14 bits per heavy atom. The summed E-state index contributed by atoms with van der Waals surface area (Å²) < 4.78 is 13.2. The van der Waals surface area contributed by atoms with Crippen molar-refractivity contribution in [2.75, 3.05) is 13.6 Å². The summed E-state index contributed by atoms with van der Waals surface area (Å²) in [6, 6.07) is 12.0. The minimum atomic E-state index is -0.347. The summed E-state index contributed by atoms with van der Waals surface area (Å²) in [6.45, 7) is 1.10. The summed E-state index contributed by atoms with van der Waals surface area (Å²) in [6.07, 6.45) is 0. The Morgan fingerprint density at radius 3 is 2.38 bits per heavy atom. The summed E-state index contributed by atoms with van der Waals surface area (Å²) in [7, 11) is 1.96. The van der Waals surface area contributed by atoms with Crippen molar-refractivity contribution < 1.29 is 4.39 Å². The van der Waals surface area contributed by atoms with Crippen molar-refractivity contribution in [3.05, 3.63) is 69.5 Å². The van der Waals surface area contributed by atoms with Gasteiger partial charge in [0.1, 0.15) is 5.82 Å². The van der Waals surface area contributed by atoms with Gasteiger partial charge in [0.2, 0.25) is 0 Å². The molecule has 2 rings (SSSR count). The van der Waals surface area contributed by atoms with Gasteiger partial charge in [-0.2, -0.15) is 0 Å². The van der Waals surface area contributed by atoms with Crippen LogP contribution >= 0.6 is 23.2 Å². The van der Waals surface area contributed by atoms with Crippen LogP contribution in [0, 0.1) is 5.82 Å². The van der Waals surface area contributed by atoms with E-state index in [-0.39, 0.29) is 11.9 Å². The van der Waals surface area contributed by atoms with Crippen molar-refractivity contribution in [2.24, 2.45) is 5.73 Å². The molecule has 0 aliphatic heterocycles. The molecule has 0 heterocycles. The molecular formula is C16H17Cl2FN2. The van der Waals surface area contributed by atoms with E-state index in [2.05, 4.69) is 4.90 Å². The number of nitrogens with two attached hydrogens (primary N) is 1. The number of nitrogens with zero attached hydrogens (tertiary/aromatic N) is 1. The largest absolute Gasteiger partial charge is 0.329 e. The second-order valence-electron chi connectivity index (χ2n) is 4.96. The maximum atomic E-state index is 13.2. The molecule has 112 valence electrons. The number of benzene rings is 2. The molecule has 0 saturated heterocycles. The zero-order valence-electron chi connectivity index (χ0n) is 11.7. The second kappa shape index (κ2) is 7.23. The van der Waals surface area contributed by atoms with Gasteiger partial charge < -0.3 is 5.73 Å². The average molecular weight is 327 g/mol. The maximum absolute atomic E-state index is 13.2. The Labute approximate surface area is 134 Å². The van der Waals surface area contributed by atoms with Crippen molar-refractivity contribution in [2.45, 2.75) is 12.6 Å². The van der Waals surface area contributed by atoms with E-state index in [1.165, 1.54) is 12.1 Å². The van der Waals surface area contributed by atoms with Crippen molar-refractivity contribution in [1.82, 2.24) is 4.90 Å². The van der Waals surface area contributed by atoms with Crippen LogP contribution in [0.15, 0.2) is 42.5 Å². The van der Waals surface area contributed by atoms with Crippen molar-refractivity contribution in [3.63, 3.8) is 0 Å². The fourth-order valence-electron chi connectivity index (χ4n) is 2.30. The van der Waals surface area contributed by atoms with Crippen LogP contribution in [0.25, 0.3) is 0 Å². The van der Waals surface area contributed by atoms with Crippen molar-refractivity contribution >= 4 is 23.2 Å². The first-order valence-electron chi connectivity index (χ1n) is 6.61. The number of rotatable bonds is 5. The van der Waals surface area contributed by atoms with Crippen LogP contribution in [0.4, 0.5) is 4.39 Å². The molecule has 2 aromatic carbocycles. The van der Waals surface area contributed by atoms with E-state index >= 15 is 0 Å². The normalized spacial score (nSPS) is 12.7. The highest BCUT2D eigenvalue weighted by atomic mass is 35.5. The molecule has 1 unspecified atom stereocenters. The molecule has 0 aliphatic carbocycles. The van der Waals surface area contributed by atoms with Crippen molar-refractivity contribution in [3.8, 4) is 0 Å². The van der Waals surface area contributed by atoms with Crippen LogP contribution in [0.3, 0.4) is 0 Å². The summed E-state index contributed by atoms with van der Waals surface area (Å²) in [5.74, 6) is -0.347. The minimum absolute atomic E-state index is 0.0752. The van der Waals surface area contributed by atoms with Crippen LogP contribution in [0.5, 0.6) is 0 Å². The molecule has 1 atom stereocenters. The fourth-order valence-corrected chi connectivity index (χ4v) is 2.72. The van der Waals surface area contributed by atoms with E-state index < -0.39 is 0 Å². The number of halogens is 3. The highest BCUT2D eigenvalue weighted by Crippen LogP contribution is 2.28. The lowest BCUT2D eigenvalue weighted by Crippen LogP contribution is -2.30. The first-order valence-corrected chi connectivity index (χ1v) is 7.36. The standard InChI is InChI=1S/C16H17Cl2FN2/c1-21(10-11-2-4-12(17)5-3-11)16(9-20)14-7-6-13(19)8-15(14)18/h2-8,16H,9-10,20H2,1H3. The first-order chi connectivity index (χ1) is 10.0. The molecule has 2 N–H and O–H groups in total. The Balaban J connectivity index is 2.18. The van der Waals surface area contributed by atoms with Gasteiger partial charge >= 0.3 is 0 Å². The molecule has 0 aliphatic rings.